The lowest BCUT2D eigenvalue weighted by molar-refractivity contribution is 0.191. The van der Waals surface area contributed by atoms with Gasteiger partial charge in [0.2, 0.25) is 5.95 Å². The van der Waals surface area contributed by atoms with Crippen LogP contribution >= 0.6 is 0 Å². The van der Waals surface area contributed by atoms with Crippen LogP contribution in [0, 0.1) is 5.82 Å². The first-order chi connectivity index (χ1) is 9.25. The topological polar surface area (TPSA) is 41.0 Å². The highest BCUT2D eigenvalue weighted by atomic mass is 19.1. The smallest absolute Gasteiger partial charge is 0.222 e. The van der Waals surface area contributed by atoms with Gasteiger partial charge in [-0.2, -0.15) is 0 Å². The maximum absolute atomic E-state index is 12.6. The number of anilines is 1. The van der Waals surface area contributed by atoms with Crippen LogP contribution in [0.3, 0.4) is 0 Å². The van der Waals surface area contributed by atoms with Crippen LogP contribution in [0.2, 0.25) is 0 Å². The average molecular weight is 266 g/mol. The van der Waals surface area contributed by atoms with Crippen LogP contribution in [0.1, 0.15) is 38.5 Å². The van der Waals surface area contributed by atoms with Gasteiger partial charge in [0.1, 0.15) is 0 Å². The molecule has 0 unspecified atom stereocenters. The van der Waals surface area contributed by atoms with Crippen molar-refractivity contribution in [1.82, 2.24) is 14.9 Å². The molecule has 19 heavy (non-hydrogen) atoms. The molecule has 0 spiro atoms. The van der Waals surface area contributed by atoms with Gasteiger partial charge in [0.25, 0.3) is 0 Å². The molecule has 0 bridgehead atoms. The van der Waals surface area contributed by atoms with E-state index in [9.17, 15) is 4.39 Å². The Kier molecular flexibility index (Phi) is 5.51. The minimum atomic E-state index is -0.400. The van der Waals surface area contributed by atoms with Crippen molar-refractivity contribution in [2.75, 3.05) is 25.5 Å². The van der Waals surface area contributed by atoms with Crippen LogP contribution in [0.15, 0.2) is 12.4 Å². The van der Waals surface area contributed by atoms with Gasteiger partial charge < -0.3 is 10.2 Å². The summed E-state index contributed by atoms with van der Waals surface area (Å²) in [6.45, 7) is 1.90. The quantitative estimate of drug-likeness (QED) is 0.804. The van der Waals surface area contributed by atoms with Gasteiger partial charge in [0.05, 0.1) is 12.4 Å². The molecule has 0 aliphatic heterocycles. The summed E-state index contributed by atoms with van der Waals surface area (Å²) in [6, 6.07) is 0.760. The first-order valence-electron chi connectivity index (χ1n) is 7.17. The third kappa shape index (κ3) is 4.74. The van der Waals surface area contributed by atoms with Crippen LogP contribution < -0.4 is 5.32 Å². The van der Waals surface area contributed by atoms with Gasteiger partial charge in [-0.15, -0.1) is 0 Å². The first-order valence-corrected chi connectivity index (χ1v) is 7.17. The van der Waals surface area contributed by atoms with E-state index in [0.29, 0.717) is 5.95 Å². The predicted octanol–water partition coefficient (Wildman–Crippen LogP) is 2.68. The van der Waals surface area contributed by atoms with E-state index >= 15 is 0 Å². The van der Waals surface area contributed by atoms with Crippen molar-refractivity contribution in [2.24, 2.45) is 0 Å². The highest BCUT2D eigenvalue weighted by molar-refractivity contribution is 5.21. The van der Waals surface area contributed by atoms with Gasteiger partial charge in [0, 0.05) is 12.6 Å². The molecule has 0 radical (unpaired) electrons. The molecule has 106 valence electrons. The van der Waals surface area contributed by atoms with Gasteiger partial charge >= 0.3 is 0 Å². The number of nitrogens with one attached hydrogen (secondary N) is 1. The number of halogens is 1. The van der Waals surface area contributed by atoms with Crippen LogP contribution in [0.4, 0.5) is 10.3 Å². The fraction of sp³-hybridized carbons (Fsp3) is 0.714. The Morgan fingerprint density at radius 3 is 2.63 bits per heavy atom. The lowest BCUT2D eigenvalue weighted by Crippen LogP contribution is -2.34. The molecule has 4 nitrogen and oxygen atoms in total. The zero-order valence-corrected chi connectivity index (χ0v) is 11.6. The minimum Gasteiger partial charge on any atom is -0.354 e. The third-order valence-corrected chi connectivity index (χ3v) is 3.79. The molecular weight excluding hydrogens is 243 g/mol. The lowest BCUT2D eigenvalue weighted by atomic mass is 9.94. The zero-order chi connectivity index (χ0) is 13.5. The molecule has 1 aliphatic rings. The zero-order valence-electron chi connectivity index (χ0n) is 11.6. The second kappa shape index (κ2) is 7.38. The average Bonchev–Trinajstić information content (AvgIpc) is 2.46. The highest BCUT2D eigenvalue weighted by Gasteiger charge is 2.17. The Morgan fingerprint density at radius 2 is 1.95 bits per heavy atom. The van der Waals surface area contributed by atoms with E-state index in [1.807, 2.05) is 0 Å². The fourth-order valence-corrected chi connectivity index (χ4v) is 2.64. The van der Waals surface area contributed by atoms with Gasteiger partial charge in [-0.1, -0.05) is 19.3 Å². The SMILES string of the molecule is CN(CCCNc1ncc(F)cn1)C1CCCCC1. The number of hydrogen-bond donors (Lipinski definition) is 1. The number of rotatable bonds is 6. The van der Waals surface area contributed by atoms with Crippen molar-refractivity contribution in [3.05, 3.63) is 18.2 Å². The second-order valence-electron chi connectivity index (χ2n) is 5.28. The third-order valence-electron chi connectivity index (χ3n) is 3.79. The van der Waals surface area contributed by atoms with E-state index in [1.54, 1.807) is 0 Å². The Balaban J connectivity index is 1.62. The highest BCUT2D eigenvalue weighted by Crippen LogP contribution is 2.21. The van der Waals surface area contributed by atoms with Gasteiger partial charge in [-0.3, -0.25) is 0 Å². The molecule has 0 amide bonds. The van der Waals surface area contributed by atoms with Gasteiger partial charge in [-0.05, 0) is 32.9 Å². The molecule has 1 aromatic rings. The van der Waals surface area contributed by atoms with Gasteiger partial charge in [0.15, 0.2) is 5.82 Å². The molecular formula is C14H23FN4. The normalized spacial score (nSPS) is 16.8. The van der Waals surface area contributed by atoms with E-state index in [-0.39, 0.29) is 0 Å². The van der Waals surface area contributed by atoms with Crippen molar-refractivity contribution in [1.29, 1.82) is 0 Å². The van der Waals surface area contributed by atoms with Crippen molar-refractivity contribution >= 4 is 5.95 Å². The van der Waals surface area contributed by atoms with E-state index < -0.39 is 5.82 Å². The molecule has 1 heterocycles. The molecule has 1 aromatic heterocycles. The molecule has 0 aromatic carbocycles. The molecule has 0 atom stereocenters. The van der Waals surface area contributed by atoms with Crippen LogP contribution in [0.5, 0.6) is 0 Å². The number of nitrogens with zero attached hydrogens (tertiary/aromatic N) is 3. The Bertz CT molecular complexity index is 362. The predicted molar refractivity (Wildman–Crippen MR) is 74.6 cm³/mol. The van der Waals surface area contributed by atoms with E-state index in [4.69, 9.17) is 0 Å². The number of aromatic nitrogens is 2. The number of hydrogen-bond acceptors (Lipinski definition) is 4. The standard InChI is InChI=1S/C14H23FN4/c1-19(13-6-3-2-4-7-13)9-5-8-16-14-17-10-12(15)11-18-14/h10-11,13H,2-9H2,1H3,(H,16,17,18). The van der Waals surface area contributed by atoms with Crippen molar-refractivity contribution in [2.45, 2.75) is 44.6 Å². The summed E-state index contributed by atoms with van der Waals surface area (Å²) in [5.41, 5.74) is 0. The van der Waals surface area contributed by atoms with Crippen molar-refractivity contribution in [3.8, 4) is 0 Å². The largest absolute Gasteiger partial charge is 0.354 e. The minimum absolute atomic E-state index is 0.400. The monoisotopic (exact) mass is 266 g/mol. The summed E-state index contributed by atoms with van der Waals surface area (Å²) >= 11 is 0. The summed E-state index contributed by atoms with van der Waals surface area (Å²) in [4.78, 5) is 10.2. The maximum atomic E-state index is 12.6. The fourth-order valence-electron chi connectivity index (χ4n) is 2.64. The van der Waals surface area contributed by atoms with Gasteiger partial charge in [-0.25, -0.2) is 14.4 Å². The summed E-state index contributed by atoms with van der Waals surface area (Å²) in [5.74, 6) is 0.101. The molecule has 5 heteroatoms. The molecule has 1 fully saturated rings. The molecule has 1 aliphatic carbocycles. The molecule has 1 N–H and O–H groups in total. The van der Waals surface area contributed by atoms with E-state index in [0.717, 1.165) is 25.6 Å². The van der Waals surface area contributed by atoms with Crippen molar-refractivity contribution < 1.29 is 4.39 Å². The summed E-state index contributed by atoms with van der Waals surface area (Å²) < 4.78 is 12.6. The molecule has 1 saturated carbocycles. The molecule has 2 rings (SSSR count). The van der Waals surface area contributed by atoms with E-state index in [2.05, 4.69) is 27.2 Å². The Morgan fingerprint density at radius 1 is 1.26 bits per heavy atom. The van der Waals surface area contributed by atoms with Crippen LogP contribution in [-0.2, 0) is 0 Å². The summed E-state index contributed by atoms with van der Waals surface area (Å²) in [7, 11) is 2.21. The van der Waals surface area contributed by atoms with E-state index in [1.165, 1.54) is 44.5 Å². The van der Waals surface area contributed by atoms with Crippen LogP contribution in [-0.4, -0.2) is 41.0 Å². The maximum Gasteiger partial charge on any atom is 0.222 e. The van der Waals surface area contributed by atoms with Crippen molar-refractivity contribution in [3.63, 3.8) is 0 Å². The first kappa shape index (κ1) is 14.2. The summed E-state index contributed by atoms with van der Waals surface area (Å²) in [6.07, 6.45) is 10.2. The summed E-state index contributed by atoms with van der Waals surface area (Å²) in [5, 5.41) is 3.11. The lowest BCUT2D eigenvalue weighted by Gasteiger charge is -2.31. The van der Waals surface area contributed by atoms with Crippen LogP contribution in [0.25, 0.3) is 0 Å². The molecule has 0 saturated heterocycles. The Hall–Kier alpha value is -1.23. The second-order valence-corrected chi connectivity index (χ2v) is 5.28. The Labute approximate surface area is 114 Å².